The van der Waals surface area contributed by atoms with Gasteiger partial charge in [-0.2, -0.15) is 5.10 Å². The number of hydrogen-bond acceptors (Lipinski definition) is 3. The van der Waals surface area contributed by atoms with E-state index in [4.69, 9.17) is 0 Å². The van der Waals surface area contributed by atoms with Gasteiger partial charge in [0.1, 0.15) is 0 Å². The molecule has 2 heterocycles. The van der Waals surface area contributed by atoms with Crippen molar-refractivity contribution in [2.24, 2.45) is 0 Å². The van der Waals surface area contributed by atoms with Crippen molar-refractivity contribution >= 4 is 5.69 Å². The van der Waals surface area contributed by atoms with Crippen LogP contribution in [0.15, 0.2) is 53.7 Å². The summed E-state index contributed by atoms with van der Waals surface area (Å²) < 4.78 is 3.52. The highest BCUT2D eigenvalue weighted by Gasteiger charge is 2.02. The predicted octanol–water partition coefficient (Wildman–Crippen LogP) is 1.99. The zero-order valence-electron chi connectivity index (χ0n) is 11.8. The quantitative estimate of drug-likeness (QED) is 0.752. The zero-order chi connectivity index (χ0) is 14.7. The maximum atomic E-state index is 11.5. The van der Waals surface area contributed by atoms with Crippen LogP contribution in [0.1, 0.15) is 12.6 Å². The van der Waals surface area contributed by atoms with Crippen molar-refractivity contribution in [2.75, 3.05) is 5.32 Å². The monoisotopic (exact) mass is 283 g/mol. The van der Waals surface area contributed by atoms with Crippen molar-refractivity contribution in [1.82, 2.24) is 19.3 Å². The smallest absolute Gasteiger partial charge is 0.330 e. The lowest BCUT2D eigenvalue weighted by Gasteiger charge is -2.09. The lowest BCUT2D eigenvalue weighted by Crippen LogP contribution is -2.13. The molecule has 0 atom stereocenters. The van der Waals surface area contributed by atoms with E-state index in [1.165, 1.54) is 0 Å². The van der Waals surface area contributed by atoms with Crippen LogP contribution in [0.3, 0.4) is 0 Å². The lowest BCUT2D eigenvalue weighted by molar-refractivity contribution is 0.627. The molecule has 0 amide bonds. The van der Waals surface area contributed by atoms with E-state index < -0.39 is 0 Å². The summed E-state index contributed by atoms with van der Waals surface area (Å²) in [5, 5.41) is 7.59. The van der Waals surface area contributed by atoms with E-state index in [-0.39, 0.29) is 5.69 Å². The van der Waals surface area contributed by atoms with Gasteiger partial charge in [-0.25, -0.2) is 4.79 Å². The van der Waals surface area contributed by atoms with Crippen LogP contribution in [0.5, 0.6) is 0 Å². The molecular formula is C15H17N5O. The summed E-state index contributed by atoms with van der Waals surface area (Å²) in [5.74, 6) is 0. The minimum Gasteiger partial charge on any atom is -0.379 e. The Morgan fingerprint density at radius 3 is 2.71 bits per heavy atom. The molecule has 0 unspecified atom stereocenters. The van der Waals surface area contributed by atoms with E-state index in [0.717, 1.165) is 30.2 Å². The molecule has 0 radical (unpaired) electrons. The second-order valence-corrected chi connectivity index (χ2v) is 4.67. The van der Waals surface area contributed by atoms with Crippen molar-refractivity contribution in [3.8, 4) is 5.69 Å². The van der Waals surface area contributed by atoms with E-state index in [1.54, 1.807) is 17.0 Å². The van der Waals surface area contributed by atoms with E-state index in [1.807, 2.05) is 41.2 Å². The van der Waals surface area contributed by atoms with Gasteiger partial charge in [0.25, 0.3) is 0 Å². The van der Waals surface area contributed by atoms with Crippen molar-refractivity contribution in [2.45, 2.75) is 20.0 Å². The summed E-state index contributed by atoms with van der Waals surface area (Å²) in [4.78, 5) is 14.2. The molecule has 3 aromatic rings. The Hall–Kier alpha value is -2.76. The fraction of sp³-hybridized carbons (Fsp3) is 0.200. The number of nitrogens with zero attached hydrogens (tertiary/aromatic N) is 3. The standard InChI is InChI=1S/C15H17N5O/c1-2-20-14(7-8-18-20)11-17-12-3-5-13(6-4-12)19-10-9-16-15(19)21/h3-10,17H,2,11H2,1H3,(H,16,21). The Labute approximate surface area is 122 Å². The number of aryl methyl sites for hydroxylation is 1. The summed E-state index contributed by atoms with van der Waals surface area (Å²) in [5.41, 5.74) is 2.85. The van der Waals surface area contributed by atoms with Gasteiger partial charge in [0.2, 0.25) is 0 Å². The maximum absolute atomic E-state index is 11.5. The van der Waals surface area contributed by atoms with Gasteiger partial charge in [-0.05, 0) is 37.3 Å². The fourth-order valence-corrected chi connectivity index (χ4v) is 2.25. The molecule has 21 heavy (non-hydrogen) atoms. The third kappa shape index (κ3) is 2.74. The predicted molar refractivity (Wildman–Crippen MR) is 81.6 cm³/mol. The van der Waals surface area contributed by atoms with Gasteiger partial charge in [0.05, 0.1) is 17.9 Å². The Kier molecular flexibility index (Phi) is 3.59. The van der Waals surface area contributed by atoms with Crippen LogP contribution >= 0.6 is 0 Å². The first-order valence-corrected chi connectivity index (χ1v) is 6.89. The number of hydrogen-bond donors (Lipinski definition) is 2. The number of benzene rings is 1. The molecule has 0 saturated carbocycles. The van der Waals surface area contributed by atoms with Crippen LogP contribution in [0.25, 0.3) is 5.69 Å². The fourth-order valence-electron chi connectivity index (χ4n) is 2.25. The maximum Gasteiger partial charge on any atom is 0.330 e. The number of H-pyrrole nitrogens is 1. The Balaban J connectivity index is 1.70. The van der Waals surface area contributed by atoms with Crippen molar-refractivity contribution in [1.29, 1.82) is 0 Å². The molecule has 6 heteroatoms. The third-order valence-corrected chi connectivity index (χ3v) is 3.37. The number of anilines is 1. The topological polar surface area (TPSA) is 67.6 Å². The van der Waals surface area contributed by atoms with Gasteiger partial charge < -0.3 is 10.3 Å². The summed E-state index contributed by atoms with van der Waals surface area (Å²) in [6.45, 7) is 3.65. The highest BCUT2D eigenvalue weighted by molar-refractivity contribution is 5.48. The van der Waals surface area contributed by atoms with Gasteiger partial charge in [-0.1, -0.05) is 0 Å². The molecule has 0 saturated heterocycles. The summed E-state index contributed by atoms with van der Waals surface area (Å²) in [7, 11) is 0. The van der Waals surface area contributed by atoms with Crippen LogP contribution in [0, 0.1) is 0 Å². The first-order chi connectivity index (χ1) is 10.3. The molecule has 108 valence electrons. The average molecular weight is 283 g/mol. The molecule has 0 spiro atoms. The SMILES string of the molecule is CCn1nccc1CNc1ccc(-n2cc[nH]c2=O)cc1. The van der Waals surface area contributed by atoms with Crippen LogP contribution < -0.4 is 11.0 Å². The molecule has 0 aliphatic carbocycles. The summed E-state index contributed by atoms with van der Waals surface area (Å²) >= 11 is 0. The average Bonchev–Trinajstić information content (AvgIpc) is 3.14. The molecule has 0 aliphatic rings. The highest BCUT2D eigenvalue weighted by atomic mass is 16.1. The molecule has 1 aromatic carbocycles. The molecule has 2 aromatic heterocycles. The third-order valence-electron chi connectivity index (χ3n) is 3.37. The molecule has 3 rings (SSSR count). The Morgan fingerprint density at radius 1 is 1.24 bits per heavy atom. The van der Waals surface area contributed by atoms with E-state index >= 15 is 0 Å². The normalized spacial score (nSPS) is 10.7. The number of nitrogens with one attached hydrogen (secondary N) is 2. The molecule has 0 fully saturated rings. The molecule has 2 N–H and O–H groups in total. The summed E-state index contributed by atoms with van der Waals surface area (Å²) in [6, 6.07) is 9.75. The van der Waals surface area contributed by atoms with Crippen LogP contribution in [0.2, 0.25) is 0 Å². The van der Waals surface area contributed by atoms with Crippen molar-refractivity contribution in [3.63, 3.8) is 0 Å². The zero-order valence-corrected chi connectivity index (χ0v) is 11.8. The van der Waals surface area contributed by atoms with Gasteiger partial charge in [-0.3, -0.25) is 9.25 Å². The van der Waals surface area contributed by atoms with Crippen LogP contribution in [-0.2, 0) is 13.1 Å². The number of aromatic nitrogens is 4. The lowest BCUT2D eigenvalue weighted by atomic mass is 10.2. The van der Waals surface area contributed by atoms with Crippen LogP contribution in [0.4, 0.5) is 5.69 Å². The van der Waals surface area contributed by atoms with Crippen molar-refractivity contribution < 1.29 is 0 Å². The van der Waals surface area contributed by atoms with Gasteiger partial charge in [0.15, 0.2) is 0 Å². The molecule has 6 nitrogen and oxygen atoms in total. The van der Waals surface area contributed by atoms with Gasteiger partial charge in [-0.15, -0.1) is 0 Å². The number of rotatable bonds is 5. The Morgan fingerprint density at radius 2 is 2.05 bits per heavy atom. The van der Waals surface area contributed by atoms with E-state index in [9.17, 15) is 4.79 Å². The number of imidazole rings is 1. The second kappa shape index (κ2) is 5.70. The van der Waals surface area contributed by atoms with Gasteiger partial charge in [0, 0.05) is 30.8 Å². The molecular weight excluding hydrogens is 266 g/mol. The first-order valence-electron chi connectivity index (χ1n) is 6.89. The molecule has 0 bridgehead atoms. The van der Waals surface area contributed by atoms with Gasteiger partial charge >= 0.3 is 5.69 Å². The number of aromatic amines is 1. The Bertz CT molecular complexity index is 766. The second-order valence-electron chi connectivity index (χ2n) is 4.67. The molecule has 0 aliphatic heterocycles. The minimum atomic E-state index is -0.137. The van der Waals surface area contributed by atoms with Crippen molar-refractivity contribution in [3.05, 3.63) is 65.1 Å². The summed E-state index contributed by atoms with van der Waals surface area (Å²) in [6.07, 6.45) is 5.15. The minimum absolute atomic E-state index is 0.137. The first kappa shape index (κ1) is 13.2. The van der Waals surface area contributed by atoms with E-state index in [2.05, 4.69) is 22.3 Å². The van der Waals surface area contributed by atoms with Crippen LogP contribution in [-0.4, -0.2) is 19.3 Å². The largest absolute Gasteiger partial charge is 0.379 e. The highest BCUT2D eigenvalue weighted by Crippen LogP contribution is 2.13. The van der Waals surface area contributed by atoms with E-state index in [0.29, 0.717) is 0 Å².